The van der Waals surface area contributed by atoms with Crippen molar-refractivity contribution in [1.82, 2.24) is 4.90 Å². The molecule has 0 aromatic carbocycles. The van der Waals surface area contributed by atoms with E-state index in [1.54, 1.807) is 6.92 Å². The molecule has 2 heterocycles. The van der Waals surface area contributed by atoms with Crippen molar-refractivity contribution in [2.24, 2.45) is 34.5 Å². The van der Waals surface area contributed by atoms with Gasteiger partial charge in [-0.05, 0) is 73.7 Å². The predicted molar refractivity (Wildman–Crippen MR) is 148 cm³/mol. The Hall–Kier alpha value is -0.950. The fourth-order valence-corrected chi connectivity index (χ4v) is 11.3. The molecule has 2 saturated heterocycles. The molecule has 0 amide bonds. The molecule has 0 radical (unpaired) electrons. The smallest absolute Gasteiger partial charge is 0.303 e. The van der Waals surface area contributed by atoms with E-state index in [9.17, 15) is 9.90 Å². The minimum atomic E-state index is -0.209. The lowest BCUT2D eigenvalue weighted by atomic mass is 9.44. The van der Waals surface area contributed by atoms with Crippen LogP contribution in [0.4, 0.5) is 0 Å². The number of likely N-dealkylation sites (tertiary alicyclic amines) is 1. The summed E-state index contributed by atoms with van der Waals surface area (Å²) in [7, 11) is 0. The molecule has 0 spiro atoms. The van der Waals surface area contributed by atoms with E-state index in [4.69, 9.17) is 9.47 Å². The van der Waals surface area contributed by atoms with Crippen LogP contribution in [0.25, 0.3) is 0 Å². The number of carbonyl (C=O) groups is 1. The fraction of sp³-hybridized carbons (Fsp3) is 0.906. The van der Waals surface area contributed by atoms with Gasteiger partial charge in [-0.15, -0.1) is 0 Å². The van der Waals surface area contributed by atoms with Gasteiger partial charge in [0, 0.05) is 50.7 Å². The van der Waals surface area contributed by atoms with Crippen LogP contribution in [-0.4, -0.2) is 90.7 Å². The molecule has 3 unspecified atom stereocenters. The second kappa shape index (κ2) is 10.2. The number of nitrogens with zero attached hydrogens (tertiary/aromatic N) is 2. The first kappa shape index (κ1) is 27.2. The van der Waals surface area contributed by atoms with E-state index in [-0.39, 0.29) is 35.0 Å². The maximum Gasteiger partial charge on any atom is 0.303 e. The summed E-state index contributed by atoms with van der Waals surface area (Å²) < 4.78 is 13.1. The van der Waals surface area contributed by atoms with E-state index in [0.717, 1.165) is 56.6 Å². The van der Waals surface area contributed by atoms with Gasteiger partial charge in [0.15, 0.2) is 6.10 Å². The molecule has 6 aliphatic rings. The lowest BCUT2D eigenvalue weighted by Gasteiger charge is -2.62. The Morgan fingerprint density at radius 2 is 1.84 bits per heavy atom. The molecule has 0 bridgehead atoms. The number of quaternary nitrogens is 1. The Morgan fingerprint density at radius 3 is 2.53 bits per heavy atom. The molecule has 10 atom stereocenters. The minimum absolute atomic E-state index is 0.0174. The van der Waals surface area contributed by atoms with Crippen LogP contribution in [0.5, 0.6) is 0 Å². The van der Waals surface area contributed by atoms with Crippen molar-refractivity contribution in [3.63, 3.8) is 0 Å². The predicted octanol–water partition coefficient (Wildman–Crippen LogP) is 4.41. The first-order chi connectivity index (χ1) is 18.2. The molecular formula is C32H53N2O4+. The van der Waals surface area contributed by atoms with Crippen LogP contribution < -0.4 is 0 Å². The Morgan fingerprint density at radius 1 is 1.11 bits per heavy atom. The van der Waals surface area contributed by atoms with E-state index < -0.39 is 0 Å². The number of hydrogen-bond acceptors (Lipinski definition) is 5. The fourth-order valence-electron chi connectivity index (χ4n) is 11.3. The minimum Gasteiger partial charge on any atom is -0.456 e. The summed E-state index contributed by atoms with van der Waals surface area (Å²) in [6.45, 7) is 17.7. The molecule has 6 rings (SSSR count). The van der Waals surface area contributed by atoms with E-state index in [2.05, 4.69) is 31.4 Å². The summed E-state index contributed by atoms with van der Waals surface area (Å²) in [6.07, 6.45) is 12.7. The van der Waals surface area contributed by atoms with Crippen LogP contribution in [-0.2, 0) is 14.3 Å². The topological polar surface area (TPSA) is 59.0 Å². The van der Waals surface area contributed by atoms with Crippen LogP contribution in [0.1, 0.15) is 78.6 Å². The average Bonchev–Trinajstić information content (AvgIpc) is 3.48. The first-order valence-electron chi connectivity index (χ1n) is 15.9. The summed E-state index contributed by atoms with van der Waals surface area (Å²) in [6, 6.07) is 0.663. The molecule has 1 N–H and O–H groups in total. The Labute approximate surface area is 230 Å². The second-order valence-corrected chi connectivity index (χ2v) is 14.6. The number of aliphatic hydroxyl groups excluding tert-OH is 1. The van der Waals surface area contributed by atoms with Crippen molar-refractivity contribution in [3.05, 3.63) is 12.7 Å². The lowest BCUT2D eigenvalue weighted by Crippen LogP contribution is -2.61. The van der Waals surface area contributed by atoms with Crippen LogP contribution in [0, 0.1) is 34.5 Å². The standard InChI is InChI=1S/C32H53N2O4/c1-5-14-34(15-6-7-16-34)28-20-26-24-9-8-23-19-29(36)27(33-12-17-37-18-13-33)21-32(23,4)25(24)10-11-31(26,3)30(28)38-22(2)35/h5,23-30,36H,1,6-21H2,2-4H3/q+1/t23-,24?,25?,26?,27+,28+,29+,30+,31+,32+/m1/s1. The molecule has 6 heteroatoms. The molecule has 38 heavy (non-hydrogen) atoms. The molecule has 6 nitrogen and oxygen atoms in total. The van der Waals surface area contributed by atoms with Crippen molar-refractivity contribution in [1.29, 1.82) is 0 Å². The summed E-state index contributed by atoms with van der Waals surface area (Å²) in [5, 5.41) is 11.3. The number of carbonyl (C=O) groups excluding carboxylic acids is 1. The van der Waals surface area contributed by atoms with Crippen molar-refractivity contribution in [3.8, 4) is 0 Å². The van der Waals surface area contributed by atoms with Gasteiger partial charge < -0.3 is 19.1 Å². The SMILES string of the molecule is C=CC[N+]1([C@H]2CC3C4CC[C@@H]5C[C@H](O)[C@@H](N6CCOCC6)C[C@]5(C)C4CC[C@]3(C)[C@H]2OC(C)=O)CCCC1. The van der Waals surface area contributed by atoms with Gasteiger partial charge in [-0.2, -0.15) is 0 Å². The molecule has 0 aromatic heterocycles. The zero-order valence-corrected chi connectivity index (χ0v) is 24.3. The average molecular weight is 530 g/mol. The monoisotopic (exact) mass is 529 g/mol. The van der Waals surface area contributed by atoms with Gasteiger partial charge in [0.1, 0.15) is 6.04 Å². The maximum atomic E-state index is 12.5. The highest BCUT2D eigenvalue weighted by atomic mass is 16.5. The van der Waals surface area contributed by atoms with Crippen LogP contribution in [0.15, 0.2) is 12.7 Å². The van der Waals surface area contributed by atoms with Gasteiger partial charge in [0.05, 0.1) is 39.0 Å². The zero-order chi connectivity index (χ0) is 26.7. The number of fused-ring (bicyclic) bond motifs is 5. The van der Waals surface area contributed by atoms with Gasteiger partial charge in [0.25, 0.3) is 0 Å². The van der Waals surface area contributed by atoms with Crippen LogP contribution in [0.3, 0.4) is 0 Å². The van der Waals surface area contributed by atoms with Crippen molar-refractivity contribution >= 4 is 5.97 Å². The third kappa shape index (κ3) is 4.23. The van der Waals surface area contributed by atoms with Crippen molar-refractivity contribution in [2.75, 3.05) is 45.9 Å². The molecule has 214 valence electrons. The van der Waals surface area contributed by atoms with Gasteiger partial charge in [-0.1, -0.05) is 20.4 Å². The normalized spacial score (nSPS) is 48.5. The molecule has 2 aliphatic heterocycles. The van der Waals surface area contributed by atoms with Crippen molar-refractivity contribution < 1.29 is 23.9 Å². The van der Waals surface area contributed by atoms with E-state index in [0.29, 0.717) is 29.7 Å². The summed E-state index contributed by atoms with van der Waals surface area (Å²) >= 11 is 0. The van der Waals surface area contributed by atoms with E-state index >= 15 is 0 Å². The number of rotatable bonds is 5. The molecule has 4 saturated carbocycles. The second-order valence-electron chi connectivity index (χ2n) is 14.6. The first-order valence-corrected chi connectivity index (χ1v) is 15.9. The third-order valence-corrected chi connectivity index (χ3v) is 13.1. The summed E-state index contributed by atoms with van der Waals surface area (Å²) in [5.74, 6) is 2.54. The third-order valence-electron chi connectivity index (χ3n) is 13.1. The Kier molecular flexibility index (Phi) is 7.27. The maximum absolute atomic E-state index is 12.5. The highest BCUT2D eigenvalue weighted by Gasteiger charge is 2.67. The van der Waals surface area contributed by atoms with Crippen LogP contribution in [0.2, 0.25) is 0 Å². The van der Waals surface area contributed by atoms with Gasteiger partial charge >= 0.3 is 5.97 Å². The van der Waals surface area contributed by atoms with E-state index in [1.165, 1.54) is 51.6 Å². The summed E-state index contributed by atoms with van der Waals surface area (Å²) in [4.78, 5) is 15.0. The molecular weight excluding hydrogens is 476 g/mol. The number of morpholine rings is 1. The highest BCUT2D eigenvalue weighted by molar-refractivity contribution is 5.66. The molecule has 4 aliphatic carbocycles. The van der Waals surface area contributed by atoms with Crippen LogP contribution >= 0.6 is 0 Å². The molecule has 6 fully saturated rings. The Bertz CT molecular complexity index is 898. The van der Waals surface area contributed by atoms with E-state index in [1.807, 2.05) is 0 Å². The molecule has 0 aromatic rings. The summed E-state index contributed by atoms with van der Waals surface area (Å²) in [5.41, 5.74) is 0.343. The highest BCUT2D eigenvalue weighted by Crippen LogP contribution is 2.67. The number of hydrogen-bond donors (Lipinski definition) is 1. The van der Waals surface area contributed by atoms with Gasteiger partial charge in [-0.3, -0.25) is 9.69 Å². The van der Waals surface area contributed by atoms with Gasteiger partial charge in [0.2, 0.25) is 0 Å². The lowest BCUT2D eigenvalue weighted by molar-refractivity contribution is -0.937. The quantitative estimate of drug-likeness (QED) is 0.325. The zero-order valence-electron chi connectivity index (χ0n) is 24.3. The van der Waals surface area contributed by atoms with Gasteiger partial charge in [-0.25, -0.2) is 0 Å². The number of ether oxygens (including phenoxy) is 2. The number of esters is 1. The van der Waals surface area contributed by atoms with Crippen molar-refractivity contribution in [2.45, 2.75) is 103 Å². The number of aliphatic hydroxyl groups is 1. The largest absolute Gasteiger partial charge is 0.456 e. The Balaban J connectivity index is 1.30.